The second kappa shape index (κ2) is 6.06. The van der Waals surface area contributed by atoms with Crippen LogP contribution in [0.5, 0.6) is 0 Å². The Balaban J connectivity index is 0.000000310. The molecule has 72 valence electrons. The summed E-state index contributed by atoms with van der Waals surface area (Å²) in [7, 11) is 0. The highest BCUT2D eigenvalue weighted by Gasteiger charge is 1.85. The van der Waals surface area contributed by atoms with Crippen molar-refractivity contribution in [2.75, 3.05) is 5.73 Å². The van der Waals surface area contributed by atoms with Crippen molar-refractivity contribution in [3.63, 3.8) is 0 Å². The molecule has 0 aliphatic carbocycles. The average Bonchev–Trinajstić information content (AvgIpc) is 2.05. The van der Waals surface area contributed by atoms with E-state index < -0.39 is 5.97 Å². The van der Waals surface area contributed by atoms with E-state index in [0.29, 0.717) is 0 Å². The first kappa shape index (κ1) is 11.5. The van der Waals surface area contributed by atoms with Crippen LogP contribution in [0.2, 0.25) is 0 Å². The molecule has 1 rings (SSSR count). The average molecular weight is 181 g/mol. The van der Waals surface area contributed by atoms with Gasteiger partial charge in [-0.15, -0.1) is 0 Å². The minimum atomic E-state index is -0.833. The molecule has 0 saturated carbocycles. The highest BCUT2D eigenvalue weighted by atomic mass is 16.4. The third-order valence-electron chi connectivity index (χ3n) is 1.39. The van der Waals surface area contributed by atoms with Crippen LogP contribution in [-0.2, 0) is 11.2 Å². The minimum Gasteiger partial charge on any atom is -0.481 e. The number of carbonyl (C=O) groups is 1. The van der Waals surface area contributed by atoms with Crippen molar-refractivity contribution >= 4 is 11.7 Å². The van der Waals surface area contributed by atoms with Crippen molar-refractivity contribution in [1.82, 2.24) is 0 Å². The maximum atomic E-state index is 9.00. The summed E-state index contributed by atoms with van der Waals surface area (Å²) in [5, 5.41) is 7.42. The second-order valence-corrected chi connectivity index (χ2v) is 2.61. The van der Waals surface area contributed by atoms with Gasteiger partial charge in [-0.05, 0) is 24.1 Å². The van der Waals surface area contributed by atoms with Crippen molar-refractivity contribution in [1.29, 1.82) is 0 Å². The maximum absolute atomic E-state index is 9.00. The standard InChI is InChI=1S/C8H11N.C2H4O2/c1-2-7-3-5-8(9)6-4-7;1-2(3)4/h3-6H,2,9H2,1H3;1H3,(H,3,4). The van der Waals surface area contributed by atoms with Gasteiger partial charge in [-0.1, -0.05) is 19.1 Å². The Hall–Kier alpha value is -1.51. The zero-order valence-corrected chi connectivity index (χ0v) is 7.95. The monoisotopic (exact) mass is 181 g/mol. The van der Waals surface area contributed by atoms with Crippen LogP contribution >= 0.6 is 0 Å². The third kappa shape index (κ3) is 6.87. The van der Waals surface area contributed by atoms with E-state index in [1.165, 1.54) is 5.56 Å². The van der Waals surface area contributed by atoms with Crippen LogP contribution in [0.25, 0.3) is 0 Å². The molecule has 0 aromatic heterocycles. The van der Waals surface area contributed by atoms with Gasteiger partial charge < -0.3 is 10.8 Å². The lowest BCUT2D eigenvalue weighted by molar-refractivity contribution is -0.134. The first-order valence-corrected chi connectivity index (χ1v) is 4.10. The Labute approximate surface area is 78.2 Å². The lowest BCUT2D eigenvalue weighted by Gasteiger charge is -1.94. The van der Waals surface area contributed by atoms with Gasteiger partial charge in [0.05, 0.1) is 0 Å². The molecule has 3 N–H and O–H groups in total. The number of hydrogen-bond acceptors (Lipinski definition) is 2. The number of aliphatic carboxylic acids is 1. The number of carboxylic acid groups (broad SMARTS) is 1. The number of rotatable bonds is 1. The van der Waals surface area contributed by atoms with Gasteiger partial charge in [0, 0.05) is 12.6 Å². The molecule has 0 amide bonds. The molecule has 1 aromatic carbocycles. The fourth-order valence-corrected chi connectivity index (χ4v) is 0.753. The van der Waals surface area contributed by atoms with Crippen LogP contribution in [0.4, 0.5) is 5.69 Å². The van der Waals surface area contributed by atoms with E-state index in [4.69, 9.17) is 15.6 Å². The predicted octanol–water partition coefficient (Wildman–Crippen LogP) is 1.92. The molecular weight excluding hydrogens is 166 g/mol. The molecule has 13 heavy (non-hydrogen) atoms. The van der Waals surface area contributed by atoms with Gasteiger partial charge in [0.25, 0.3) is 5.97 Å². The Bertz CT molecular complexity index is 250. The molecule has 0 fully saturated rings. The van der Waals surface area contributed by atoms with Gasteiger partial charge in [-0.3, -0.25) is 4.79 Å². The SMILES string of the molecule is CC(=O)O.CCc1ccc(N)cc1. The summed E-state index contributed by atoms with van der Waals surface area (Å²) in [6, 6.07) is 7.96. The molecular formula is C10H15NO2. The lowest BCUT2D eigenvalue weighted by atomic mass is 10.2. The third-order valence-corrected chi connectivity index (χ3v) is 1.39. The topological polar surface area (TPSA) is 63.3 Å². The first-order chi connectivity index (χ1) is 6.06. The van der Waals surface area contributed by atoms with Crippen LogP contribution in [0.15, 0.2) is 24.3 Å². The first-order valence-electron chi connectivity index (χ1n) is 4.10. The molecule has 0 atom stereocenters. The molecule has 0 spiro atoms. The summed E-state index contributed by atoms with van der Waals surface area (Å²) in [5.74, 6) is -0.833. The van der Waals surface area contributed by atoms with Crippen LogP contribution in [0, 0.1) is 0 Å². The number of hydrogen-bond donors (Lipinski definition) is 2. The fraction of sp³-hybridized carbons (Fsp3) is 0.300. The minimum absolute atomic E-state index is 0.833. The smallest absolute Gasteiger partial charge is 0.300 e. The Kier molecular flexibility index (Phi) is 5.35. The summed E-state index contributed by atoms with van der Waals surface area (Å²) in [5.41, 5.74) is 7.66. The van der Waals surface area contributed by atoms with Crippen molar-refractivity contribution < 1.29 is 9.90 Å². The van der Waals surface area contributed by atoms with Crippen LogP contribution in [0.1, 0.15) is 19.4 Å². The summed E-state index contributed by atoms with van der Waals surface area (Å²) in [6.45, 7) is 3.21. The molecule has 0 aliphatic rings. The summed E-state index contributed by atoms with van der Waals surface area (Å²) >= 11 is 0. The highest BCUT2D eigenvalue weighted by molar-refractivity contribution is 5.62. The van der Waals surface area contributed by atoms with E-state index in [1.807, 2.05) is 12.1 Å². The highest BCUT2D eigenvalue weighted by Crippen LogP contribution is 2.04. The lowest BCUT2D eigenvalue weighted by Crippen LogP contribution is -1.84. The van der Waals surface area contributed by atoms with Crippen molar-refractivity contribution in [3.8, 4) is 0 Å². The normalized spacial score (nSPS) is 8.46. The zero-order chi connectivity index (χ0) is 10.3. The predicted molar refractivity (Wildman–Crippen MR) is 53.5 cm³/mol. The number of anilines is 1. The van der Waals surface area contributed by atoms with Gasteiger partial charge >= 0.3 is 0 Å². The number of carboxylic acids is 1. The number of benzene rings is 1. The second-order valence-electron chi connectivity index (χ2n) is 2.61. The van der Waals surface area contributed by atoms with E-state index in [9.17, 15) is 0 Å². The fourth-order valence-electron chi connectivity index (χ4n) is 0.753. The number of aryl methyl sites for hydroxylation is 1. The van der Waals surface area contributed by atoms with Crippen LogP contribution in [-0.4, -0.2) is 11.1 Å². The van der Waals surface area contributed by atoms with E-state index in [2.05, 4.69) is 19.1 Å². The Morgan fingerprint density at radius 2 is 1.77 bits per heavy atom. The van der Waals surface area contributed by atoms with Crippen molar-refractivity contribution in [3.05, 3.63) is 29.8 Å². The molecule has 0 unspecified atom stereocenters. The molecule has 0 saturated heterocycles. The van der Waals surface area contributed by atoms with Gasteiger partial charge in [0.1, 0.15) is 0 Å². The van der Waals surface area contributed by atoms with Crippen molar-refractivity contribution in [2.24, 2.45) is 0 Å². The molecule has 0 bridgehead atoms. The Morgan fingerprint density at radius 3 is 2.08 bits per heavy atom. The van der Waals surface area contributed by atoms with E-state index >= 15 is 0 Å². The van der Waals surface area contributed by atoms with E-state index in [1.54, 1.807) is 0 Å². The molecule has 1 aromatic rings. The van der Waals surface area contributed by atoms with Gasteiger partial charge in [0.2, 0.25) is 0 Å². The Morgan fingerprint density at radius 1 is 1.38 bits per heavy atom. The maximum Gasteiger partial charge on any atom is 0.300 e. The number of nitrogen functional groups attached to an aromatic ring is 1. The van der Waals surface area contributed by atoms with E-state index in [-0.39, 0.29) is 0 Å². The number of nitrogens with two attached hydrogens (primary N) is 1. The molecule has 0 aliphatic heterocycles. The van der Waals surface area contributed by atoms with E-state index in [0.717, 1.165) is 19.0 Å². The summed E-state index contributed by atoms with van der Waals surface area (Å²) in [4.78, 5) is 9.00. The van der Waals surface area contributed by atoms with Crippen molar-refractivity contribution in [2.45, 2.75) is 20.3 Å². The molecule has 3 heteroatoms. The summed E-state index contributed by atoms with van der Waals surface area (Å²) in [6.07, 6.45) is 1.08. The summed E-state index contributed by atoms with van der Waals surface area (Å²) < 4.78 is 0. The zero-order valence-electron chi connectivity index (χ0n) is 7.95. The largest absolute Gasteiger partial charge is 0.481 e. The van der Waals surface area contributed by atoms with Gasteiger partial charge in [0.15, 0.2) is 0 Å². The van der Waals surface area contributed by atoms with Gasteiger partial charge in [-0.2, -0.15) is 0 Å². The van der Waals surface area contributed by atoms with Crippen LogP contribution < -0.4 is 5.73 Å². The van der Waals surface area contributed by atoms with Crippen LogP contribution in [0.3, 0.4) is 0 Å². The molecule has 0 heterocycles. The van der Waals surface area contributed by atoms with Gasteiger partial charge in [-0.25, -0.2) is 0 Å². The molecule has 0 radical (unpaired) electrons. The molecule has 3 nitrogen and oxygen atoms in total. The quantitative estimate of drug-likeness (QED) is 0.650.